The van der Waals surface area contributed by atoms with Gasteiger partial charge in [-0.1, -0.05) is 12.1 Å². The average molecular weight is 223 g/mol. The van der Waals surface area contributed by atoms with Gasteiger partial charge in [-0.05, 0) is 29.9 Å². The zero-order valence-corrected chi connectivity index (χ0v) is 9.80. The molecule has 0 aromatic heterocycles. The highest BCUT2D eigenvalue weighted by molar-refractivity contribution is 7.99. The molecule has 1 heterocycles. The minimum atomic E-state index is 0.288. The van der Waals surface area contributed by atoms with Gasteiger partial charge in [0.15, 0.2) is 0 Å². The Bertz CT molecular complexity index is 329. The van der Waals surface area contributed by atoms with E-state index in [-0.39, 0.29) is 6.04 Å². The van der Waals surface area contributed by atoms with Crippen LogP contribution in [0.5, 0.6) is 5.75 Å². The fourth-order valence-corrected chi connectivity index (χ4v) is 3.14. The highest BCUT2D eigenvalue weighted by Crippen LogP contribution is 2.32. The van der Waals surface area contributed by atoms with Gasteiger partial charge in [0, 0.05) is 17.7 Å². The van der Waals surface area contributed by atoms with E-state index in [0.29, 0.717) is 5.92 Å². The summed E-state index contributed by atoms with van der Waals surface area (Å²) in [5.74, 6) is 3.72. The lowest BCUT2D eigenvalue weighted by Gasteiger charge is -2.28. The van der Waals surface area contributed by atoms with E-state index >= 15 is 0 Å². The van der Waals surface area contributed by atoms with Gasteiger partial charge in [-0.25, -0.2) is 0 Å². The van der Waals surface area contributed by atoms with Crippen LogP contribution in [-0.2, 0) is 0 Å². The first-order valence-corrected chi connectivity index (χ1v) is 6.44. The first-order valence-electron chi connectivity index (χ1n) is 5.28. The number of rotatable bonds is 2. The number of hydrogen-bond donors (Lipinski definition) is 1. The monoisotopic (exact) mass is 223 g/mol. The third-order valence-electron chi connectivity index (χ3n) is 2.92. The SMILES string of the molecule is COc1cccc(C2CCSCC2N)c1. The van der Waals surface area contributed by atoms with Crippen LogP contribution in [0.2, 0.25) is 0 Å². The Morgan fingerprint density at radius 1 is 1.47 bits per heavy atom. The summed E-state index contributed by atoms with van der Waals surface area (Å²) in [7, 11) is 1.70. The van der Waals surface area contributed by atoms with Crippen LogP contribution in [0, 0.1) is 0 Å². The Kier molecular flexibility index (Phi) is 3.54. The highest BCUT2D eigenvalue weighted by atomic mass is 32.2. The summed E-state index contributed by atoms with van der Waals surface area (Å²) in [6.07, 6.45) is 1.18. The van der Waals surface area contributed by atoms with Crippen molar-refractivity contribution < 1.29 is 4.74 Å². The minimum absolute atomic E-state index is 0.288. The van der Waals surface area contributed by atoms with E-state index in [0.717, 1.165) is 11.5 Å². The van der Waals surface area contributed by atoms with Crippen LogP contribution in [0.3, 0.4) is 0 Å². The van der Waals surface area contributed by atoms with Gasteiger partial charge in [0.25, 0.3) is 0 Å². The number of benzene rings is 1. The summed E-state index contributed by atoms with van der Waals surface area (Å²) in [5.41, 5.74) is 7.46. The molecule has 3 heteroatoms. The predicted molar refractivity (Wildman–Crippen MR) is 65.7 cm³/mol. The first kappa shape index (κ1) is 10.8. The van der Waals surface area contributed by atoms with E-state index in [9.17, 15) is 0 Å². The van der Waals surface area contributed by atoms with Gasteiger partial charge in [-0.2, -0.15) is 11.8 Å². The van der Waals surface area contributed by atoms with Crippen molar-refractivity contribution in [3.8, 4) is 5.75 Å². The smallest absolute Gasteiger partial charge is 0.119 e. The molecule has 0 saturated carbocycles. The molecular formula is C12H17NOS. The maximum Gasteiger partial charge on any atom is 0.119 e. The second-order valence-electron chi connectivity index (χ2n) is 3.91. The molecule has 15 heavy (non-hydrogen) atoms. The summed E-state index contributed by atoms with van der Waals surface area (Å²) in [6.45, 7) is 0. The molecular weight excluding hydrogens is 206 g/mol. The van der Waals surface area contributed by atoms with E-state index in [1.165, 1.54) is 17.7 Å². The minimum Gasteiger partial charge on any atom is -0.497 e. The van der Waals surface area contributed by atoms with Gasteiger partial charge in [0.2, 0.25) is 0 Å². The molecule has 0 radical (unpaired) electrons. The molecule has 1 saturated heterocycles. The highest BCUT2D eigenvalue weighted by Gasteiger charge is 2.23. The maximum atomic E-state index is 6.14. The third-order valence-corrected chi connectivity index (χ3v) is 4.07. The largest absolute Gasteiger partial charge is 0.497 e. The van der Waals surface area contributed by atoms with Crippen molar-refractivity contribution >= 4 is 11.8 Å². The van der Waals surface area contributed by atoms with E-state index in [1.807, 2.05) is 23.9 Å². The van der Waals surface area contributed by atoms with Crippen LogP contribution in [-0.4, -0.2) is 24.7 Å². The summed E-state index contributed by atoms with van der Waals surface area (Å²) in [4.78, 5) is 0. The lowest BCUT2D eigenvalue weighted by Crippen LogP contribution is -2.34. The van der Waals surface area contributed by atoms with Crippen molar-refractivity contribution in [3.05, 3.63) is 29.8 Å². The Morgan fingerprint density at radius 2 is 2.33 bits per heavy atom. The zero-order chi connectivity index (χ0) is 10.7. The summed E-state index contributed by atoms with van der Waals surface area (Å²) >= 11 is 1.96. The fraction of sp³-hybridized carbons (Fsp3) is 0.500. The van der Waals surface area contributed by atoms with Gasteiger partial charge >= 0.3 is 0 Å². The molecule has 2 atom stereocenters. The normalized spacial score (nSPS) is 26.3. The number of ether oxygens (including phenoxy) is 1. The molecule has 1 fully saturated rings. The van der Waals surface area contributed by atoms with E-state index < -0.39 is 0 Å². The van der Waals surface area contributed by atoms with Crippen LogP contribution in [0.4, 0.5) is 0 Å². The van der Waals surface area contributed by atoms with Gasteiger partial charge in [0.1, 0.15) is 5.75 Å². The first-order chi connectivity index (χ1) is 7.31. The second kappa shape index (κ2) is 4.90. The van der Waals surface area contributed by atoms with Crippen molar-refractivity contribution in [3.63, 3.8) is 0 Å². The molecule has 0 spiro atoms. The molecule has 1 aromatic rings. The molecule has 2 N–H and O–H groups in total. The van der Waals surface area contributed by atoms with Crippen molar-refractivity contribution in [1.82, 2.24) is 0 Å². The lowest BCUT2D eigenvalue weighted by molar-refractivity contribution is 0.413. The van der Waals surface area contributed by atoms with E-state index in [2.05, 4.69) is 12.1 Å². The Balaban J connectivity index is 2.19. The number of methoxy groups -OCH3 is 1. The van der Waals surface area contributed by atoms with Crippen molar-refractivity contribution in [2.24, 2.45) is 5.73 Å². The van der Waals surface area contributed by atoms with Crippen molar-refractivity contribution in [2.75, 3.05) is 18.6 Å². The molecule has 82 valence electrons. The van der Waals surface area contributed by atoms with Crippen LogP contribution in [0.25, 0.3) is 0 Å². The standard InChI is InChI=1S/C12H17NOS/c1-14-10-4-2-3-9(7-10)11-5-6-15-8-12(11)13/h2-4,7,11-12H,5-6,8,13H2,1H3. The molecule has 2 nitrogen and oxygen atoms in total. The van der Waals surface area contributed by atoms with Crippen LogP contribution in [0.15, 0.2) is 24.3 Å². The lowest BCUT2D eigenvalue weighted by atomic mass is 9.90. The van der Waals surface area contributed by atoms with Gasteiger partial charge in [-0.3, -0.25) is 0 Å². The zero-order valence-electron chi connectivity index (χ0n) is 8.98. The molecule has 0 amide bonds. The van der Waals surface area contributed by atoms with E-state index in [1.54, 1.807) is 7.11 Å². The predicted octanol–water partition coefficient (Wildman–Crippen LogP) is 2.24. The topological polar surface area (TPSA) is 35.2 Å². The van der Waals surface area contributed by atoms with Gasteiger partial charge in [-0.15, -0.1) is 0 Å². The summed E-state index contributed by atoms with van der Waals surface area (Å²) < 4.78 is 5.23. The molecule has 0 aliphatic carbocycles. The van der Waals surface area contributed by atoms with Crippen LogP contribution < -0.4 is 10.5 Å². The van der Waals surface area contributed by atoms with Gasteiger partial charge < -0.3 is 10.5 Å². The number of thioether (sulfide) groups is 1. The molecule has 0 bridgehead atoms. The summed E-state index contributed by atoms with van der Waals surface area (Å²) in [6, 6.07) is 8.58. The molecule has 1 aromatic carbocycles. The van der Waals surface area contributed by atoms with Crippen molar-refractivity contribution in [2.45, 2.75) is 18.4 Å². The number of hydrogen-bond acceptors (Lipinski definition) is 3. The molecule has 2 rings (SSSR count). The maximum absolute atomic E-state index is 6.14. The quantitative estimate of drug-likeness (QED) is 0.835. The van der Waals surface area contributed by atoms with E-state index in [4.69, 9.17) is 10.5 Å². The second-order valence-corrected chi connectivity index (χ2v) is 5.06. The fourth-order valence-electron chi connectivity index (χ4n) is 2.05. The average Bonchev–Trinajstić information content (AvgIpc) is 2.30. The number of nitrogens with two attached hydrogens (primary N) is 1. The Labute approximate surface area is 95.2 Å². The van der Waals surface area contributed by atoms with Crippen LogP contribution in [0.1, 0.15) is 17.9 Å². The Hall–Kier alpha value is -0.670. The molecule has 1 aliphatic rings. The molecule has 2 unspecified atom stereocenters. The summed E-state index contributed by atoms with van der Waals surface area (Å²) in [5, 5.41) is 0. The van der Waals surface area contributed by atoms with Crippen LogP contribution >= 0.6 is 11.8 Å². The third kappa shape index (κ3) is 2.47. The molecule has 1 aliphatic heterocycles. The van der Waals surface area contributed by atoms with Crippen molar-refractivity contribution in [1.29, 1.82) is 0 Å². The Morgan fingerprint density at radius 3 is 3.07 bits per heavy atom. The van der Waals surface area contributed by atoms with Gasteiger partial charge in [0.05, 0.1) is 7.11 Å².